The van der Waals surface area contributed by atoms with Crippen molar-refractivity contribution in [1.29, 1.82) is 0 Å². The molecule has 0 aliphatic carbocycles. The lowest BCUT2D eigenvalue weighted by atomic mass is 10.0. The summed E-state index contributed by atoms with van der Waals surface area (Å²) < 4.78 is 36.2. The third kappa shape index (κ3) is 2.46. The van der Waals surface area contributed by atoms with Gasteiger partial charge in [0.05, 0.1) is 6.04 Å². The van der Waals surface area contributed by atoms with Crippen LogP contribution in [0, 0.1) is 0 Å². The van der Waals surface area contributed by atoms with Crippen LogP contribution in [0.5, 0.6) is 0 Å². The van der Waals surface area contributed by atoms with Gasteiger partial charge in [-0.25, -0.2) is 0 Å². The van der Waals surface area contributed by atoms with Gasteiger partial charge in [0.25, 0.3) is 0 Å². The molecule has 1 aromatic rings. The molecular formula is C9H10F3NO. The van der Waals surface area contributed by atoms with Crippen LogP contribution in [0.1, 0.15) is 11.6 Å². The summed E-state index contributed by atoms with van der Waals surface area (Å²) in [7, 11) is 0. The standard InChI is InChI=1S/C9H10F3NO/c10-9(11,12)8(14)7(13)6-4-2-1-3-5-6/h1-5,7-8,14H,13H2/t7-,8+/m1/s1. The van der Waals surface area contributed by atoms with Gasteiger partial charge in [-0.05, 0) is 5.56 Å². The fourth-order valence-corrected chi connectivity index (χ4v) is 1.06. The predicted molar refractivity (Wildman–Crippen MR) is 45.4 cm³/mol. The summed E-state index contributed by atoms with van der Waals surface area (Å²) in [6.07, 6.45) is -7.21. The van der Waals surface area contributed by atoms with Crippen molar-refractivity contribution >= 4 is 0 Å². The lowest BCUT2D eigenvalue weighted by Crippen LogP contribution is -2.38. The Morgan fingerprint density at radius 2 is 1.64 bits per heavy atom. The molecule has 0 amide bonds. The molecule has 0 aromatic heterocycles. The van der Waals surface area contributed by atoms with E-state index >= 15 is 0 Å². The average Bonchev–Trinajstić information content (AvgIpc) is 2.15. The highest BCUT2D eigenvalue weighted by Gasteiger charge is 2.42. The Hall–Kier alpha value is -1.07. The quantitative estimate of drug-likeness (QED) is 0.770. The van der Waals surface area contributed by atoms with Crippen LogP contribution in [0.2, 0.25) is 0 Å². The van der Waals surface area contributed by atoms with Crippen molar-refractivity contribution in [2.45, 2.75) is 18.3 Å². The Kier molecular flexibility index (Phi) is 3.13. The molecule has 2 atom stereocenters. The first-order chi connectivity index (χ1) is 6.43. The molecule has 1 aromatic carbocycles. The molecule has 3 N–H and O–H groups in total. The van der Waals surface area contributed by atoms with Crippen LogP contribution < -0.4 is 5.73 Å². The third-order valence-corrected chi connectivity index (χ3v) is 1.86. The molecule has 78 valence electrons. The highest BCUT2D eigenvalue weighted by molar-refractivity contribution is 5.19. The number of nitrogens with two attached hydrogens (primary N) is 1. The predicted octanol–water partition coefficient (Wildman–Crippen LogP) is 1.61. The van der Waals surface area contributed by atoms with Gasteiger partial charge in [0.2, 0.25) is 0 Å². The number of alkyl halides is 3. The van der Waals surface area contributed by atoms with Gasteiger partial charge in [-0.3, -0.25) is 0 Å². The summed E-state index contributed by atoms with van der Waals surface area (Å²) in [5, 5.41) is 8.86. The molecule has 0 aliphatic rings. The molecule has 0 heterocycles. The zero-order chi connectivity index (χ0) is 10.8. The summed E-state index contributed by atoms with van der Waals surface area (Å²) in [5.41, 5.74) is 5.52. The second kappa shape index (κ2) is 3.98. The van der Waals surface area contributed by atoms with Crippen molar-refractivity contribution in [3.8, 4) is 0 Å². The summed E-state index contributed by atoms with van der Waals surface area (Å²) in [6, 6.07) is 6.25. The fraction of sp³-hybridized carbons (Fsp3) is 0.333. The van der Waals surface area contributed by atoms with Crippen LogP contribution in [0.25, 0.3) is 0 Å². The van der Waals surface area contributed by atoms with Gasteiger partial charge in [-0.1, -0.05) is 30.3 Å². The maximum absolute atomic E-state index is 12.1. The fourth-order valence-electron chi connectivity index (χ4n) is 1.06. The molecule has 1 rings (SSSR count). The minimum Gasteiger partial charge on any atom is -0.382 e. The van der Waals surface area contributed by atoms with Crippen molar-refractivity contribution in [1.82, 2.24) is 0 Å². The van der Waals surface area contributed by atoms with E-state index < -0.39 is 18.3 Å². The largest absolute Gasteiger partial charge is 0.416 e. The smallest absolute Gasteiger partial charge is 0.382 e. The van der Waals surface area contributed by atoms with Crippen molar-refractivity contribution in [2.75, 3.05) is 0 Å². The molecule has 0 spiro atoms. The second-order valence-corrected chi connectivity index (χ2v) is 2.92. The maximum Gasteiger partial charge on any atom is 0.416 e. The van der Waals surface area contributed by atoms with Crippen LogP contribution in [0.3, 0.4) is 0 Å². The Balaban J connectivity index is 2.81. The lowest BCUT2D eigenvalue weighted by Gasteiger charge is -2.21. The van der Waals surface area contributed by atoms with Gasteiger partial charge in [0, 0.05) is 0 Å². The van der Waals surface area contributed by atoms with E-state index in [4.69, 9.17) is 10.8 Å². The number of hydrogen-bond acceptors (Lipinski definition) is 2. The maximum atomic E-state index is 12.1. The summed E-state index contributed by atoms with van der Waals surface area (Å²) in [6.45, 7) is 0. The second-order valence-electron chi connectivity index (χ2n) is 2.92. The number of aliphatic hydroxyl groups excluding tert-OH is 1. The first-order valence-corrected chi connectivity index (χ1v) is 3.98. The Morgan fingerprint density at radius 3 is 2.07 bits per heavy atom. The normalized spacial score (nSPS) is 16.4. The molecule has 14 heavy (non-hydrogen) atoms. The van der Waals surface area contributed by atoms with Gasteiger partial charge in [0.15, 0.2) is 6.10 Å². The first-order valence-electron chi connectivity index (χ1n) is 3.98. The summed E-state index contributed by atoms with van der Waals surface area (Å²) in [5.74, 6) is 0. The Morgan fingerprint density at radius 1 is 1.14 bits per heavy atom. The van der Waals surface area contributed by atoms with Crippen LogP contribution in [-0.4, -0.2) is 17.4 Å². The zero-order valence-electron chi connectivity index (χ0n) is 7.20. The summed E-state index contributed by atoms with van der Waals surface area (Å²) >= 11 is 0. The van der Waals surface area contributed by atoms with E-state index in [2.05, 4.69) is 0 Å². The Bertz CT molecular complexity index is 286. The molecule has 0 unspecified atom stereocenters. The van der Waals surface area contributed by atoms with Gasteiger partial charge in [-0.15, -0.1) is 0 Å². The average molecular weight is 205 g/mol. The monoisotopic (exact) mass is 205 g/mol. The number of hydrogen-bond donors (Lipinski definition) is 2. The van der Waals surface area contributed by atoms with E-state index in [9.17, 15) is 13.2 Å². The molecule has 0 aliphatic heterocycles. The van der Waals surface area contributed by atoms with E-state index in [1.54, 1.807) is 18.2 Å². The van der Waals surface area contributed by atoms with E-state index in [0.717, 1.165) is 0 Å². The number of benzene rings is 1. The highest BCUT2D eigenvalue weighted by Crippen LogP contribution is 2.28. The zero-order valence-corrected chi connectivity index (χ0v) is 7.20. The molecule has 0 saturated carbocycles. The summed E-state index contributed by atoms with van der Waals surface area (Å²) in [4.78, 5) is 0. The SMILES string of the molecule is N[C@H](c1ccccc1)[C@H](O)C(F)(F)F. The van der Waals surface area contributed by atoms with Gasteiger partial charge in [-0.2, -0.15) is 13.2 Å². The third-order valence-electron chi connectivity index (χ3n) is 1.86. The van der Waals surface area contributed by atoms with Crippen molar-refractivity contribution in [3.63, 3.8) is 0 Å². The van der Waals surface area contributed by atoms with Gasteiger partial charge in [0.1, 0.15) is 0 Å². The Labute approximate surface area is 79.2 Å². The van der Waals surface area contributed by atoms with E-state index in [1.807, 2.05) is 0 Å². The first kappa shape index (κ1) is 11.0. The van der Waals surface area contributed by atoms with E-state index in [1.165, 1.54) is 12.1 Å². The minimum absolute atomic E-state index is 0.261. The number of halogens is 3. The topological polar surface area (TPSA) is 46.2 Å². The molecular weight excluding hydrogens is 195 g/mol. The molecule has 0 fully saturated rings. The minimum atomic E-state index is -4.69. The van der Waals surface area contributed by atoms with Crippen molar-refractivity contribution in [2.24, 2.45) is 5.73 Å². The van der Waals surface area contributed by atoms with Gasteiger partial charge >= 0.3 is 6.18 Å². The van der Waals surface area contributed by atoms with Gasteiger partial charge < -0.3 is 10.8 Å². The van der Waals surface area contributed by atoms with Crippen LogP contribution >= 0.6 is 0 Å². The molecule has 5 heteroatoms. The van der Waals surface area contributed by atoms with Crippen LogP contribution in [0.4, 0.5) is 13.2 Å². The molecule has 0 radical (unpaired) electrons. The van der Waals surface area contributed by atoms with E-state index in [-0.39, 0.29) is 5.56 Å². The molecule has 2 nitrogen and oxygen atoms in total. The lowest BCUT2D eigenvalue weighted by molar-refractivity contribution is -0.210. The molecule has 0 bridgehead atoms. The molecule has 0 saturated heterocycles. The number of rotatable bonds is 2. The number of aliphatic hydroxyl groups is 1. The van der Waals surface area contributed by atoms with Crippen LogP contribution in [-0.2, 0) is 0 Å². The van der Waals surface area contributed by atoms with Crippen molar-refractivity contribution < 1.29 is 18.3 Å². The highest BCUT2D eigenvalue weighted by atomic mass is 19.4. The van der Waals surface area contributed by atoms with Crippen molar-refractivity contribution in [3.05, 3.63) is 35.9 Å². The van der Waals surface area contributed by atoms with E-state index in [0.29, 0.717) is 0 Å². The van der Waals surface area contributed by atoms with Crippen LogP contribution in [0.15, 0.2) is 30.3 Å².